The van der Waals surface area contributed by atoms with Crippen LogP contribution in [0.25, 0.3) is 0 Å². The first-order valence-electron chi connectivity index (χ1n) is 7.07. The summed E-state index contributed by atoms with van der Waals surface area (Å²) in [6.45, 7) is 12.7. The Kier molecular flexibility index (Phi) is 3.76. The normalized spacial score (nSPS) is 18.2. The van der Waals surface area contributed by atoms with Crippen molar-refractivity contribution < 1.29 is 9.84 Å². The molecule has 0 bridgehead atoms. The lowest BCUT2D eigenvalue weighted by Gasteiger charge is -2.40. The van der Waals surface area contributed by atoms with Gasteiger partial charge in [0.15, 0.2) is 0 Å². The largest absolute Gasteiger partial charge is 0.396 e. The van der Waals surface area contributed by atoms with Crippen LogP contribution in [0, 0.1) is 19.3 Å². The summed E-state index contributed by atoms with van der Waals surface area (Å²) in [5.41, 5.74) is 5.58. The van der Waals surface area contributed by atoms with Crippen LogP contribution in [-0.4, -0.2) is 24.9 Å². The molecule has 1 aromatic rings. The molecule has 106 valence electrons. The second kappa shape index (κ2) is 4.92. The van der Waals surface area contributed by atoms with Crippen molar-refractivity contribution in [2.45, 2.75) is 46.5 Å². The van der Waals surface area contributed by atoms with E-state index in [-0.39, 0.29) is 17.4 Å². The molecular formula is C17H26O2. The van der Waals surface area contributed by atoms with Gasteiger partial charge in [0, 0.05) is 5.41 Å². The van der Waals surface area contributed by atoms with Gasteiger partial charge in [0.2, 0.25) is 0 Å². The second-order valence-electron chi connectivity index (χ2n) is 7.17. The number of hydrogen-bond acceptors (Lipinski definition) is 2. The van der Waals surface area contributed by atoms with Gasteiger partial charge in [-0.05, 0) is 47.9 Å². The number of aryl methyl sites for hydroxylation is 2. The average Bonchev–Trinajstić information content (AvgIpc) is 2.25. The Bertz CT molecular complexity index is 436. The minimum Gasteiger partial charge on any atom is -0.396 e. The van der Waals surface area contributed by atoms with E-state index in [4.69, 9.17) is 4.74 Å². The summed E-state index contributed by atoms with van der Waals surface area (Å²) in [7, 11) is 0. The lowest BCUT2D eigenvalue weighted by Crippen LogP contribution is -2.47. The van der Waals surface area contributed by atoms with Crippen molar-refractivity contribution in [1.82, 2.24) is 0 Å². The van der Waals surface area contributed by atoms with Crippen LogP contribution < -0.4 is 0 Å². The van der Waals surface area contributed by atoms with Gasteiger partial charge in [-0.2, -0.15) is 0 Å². The first-order valence-corrected chi connectivity index (χ1v) is 7.07. The van der Waals surface area contributed by atoms with Crippen molar-refractivity contribution >= 4 is 0 Å². The molecule has 2 heteroatoms. The van der Waals surface area contributed by atoms with Gasteiger partial charge in [0.25, 0.3) is 0 Å². The minimum atomic E-state index is -0.0429. The van der Waals surface area contributed by atoms with Crippen molar-refractivity contribution in [3.05, 3.63) is 34.4 Å². The molecule has 1 aliphatic heterocycles. The van der Waals surface area contributed by atoms with Gasteiger partial charge in [-0.15, -0.1) is 0 Å². The molecule has 1 saturated heterocycles. The number of benzene rings is 1. The van der Waals surface area contributed by atoms with Gasteiger partial charge in [-0.25, -0.2) is 0 Å². The summed E-state index contributed by atoms with van der Waals surface area (Å²) in [6, 6.07) is 4.60. The fourth-order valence-electron chi connectivity index (χ4n) is 2.72. The zero-order valence-corrected chi connectivity index (χ0v) is 12.8. The highest BCUT2D eigenvalue weighted by Gasteiger charge is 2.38. The van der Waals surface area contributed by atoms with Crippen molar-refractivity contribution in [2.75, 3.05) is 19.8 Å². The molecule has 0 aromatic heterocycles. The van der Waals surface area contributed by atoms with Crippen LogP contribution in [0.5, 0.6) is 0 Å². The predicted molar refractivity (Wildman–Crippen MR) is 78.7 cm³/mol. The molecule has 0 saturated carbocycles. The summed E-state index contributed by atoms with van der Waals surface area (Å²) in [5.74, 6) is 0. The van der Waals surface area contributed by atoms with Crippen molar-refractivity contribution in [3.63, 3.8) is 0 Å². The molecule has 0 aliphatic carbocycles. The smallest absolute Gasteiger partial charge is 0.0570 e. The molecule has 1 heterocycles. The Hall–Kier alpha value is -0.860. The van der Waals surface area contributed by atoms with E-state index in [1.54, 1.807) is 0 Å². The number of ether oxygens (including phenoxy) is 1. The summed E-state index contributed by atoms with van der Waals surface area (Å²) in [4.78, 5) is 0. The van der Waals surface area contributed by atoms with E-state index in [1.807, 2.05) is 0 Å². The highest BCUT2D eigenvalue weighted by atomic mass is 16.5. The first-order chi connectivity index (χ1) is 8.77. The second-order valence-corrected chi connectivity index (χ2v) is 7.17. The lowest BCUT2D eigenvalue weighted by molar-refractivity contribution is -0.136. The van der Waals surface area contributed by atoms with Gasteiger partial charge < -0.3 is 9.84 Å². The quantitative estimate of drug-likeness (QED) is 0.906. The third-order valence-electron chi connectivity index (χ3n) is 4.27. The minimum absolute atomic E-state index is 0.0429. The summed E-state index contributed by atoms with van der Waals surface area (Å²) >= 11 is 0. The zero-order chi connectivity index (χ0) is 14.3. The van der Waals surface area contributed by atoms with E-state index in [1.165, 1.54) is 22.3 Å². The highest BCUT2D eigenvalue weighted by Crippen LogP contribution is 2.35. The van der Waals surface area contributed by atoms with Crippen LogP contribution in [-0.2, 0) is 16.6 Å². The molecule has 2 rings (SSSR count). The maximum Gasteiger partial charge on any atom is 0.0570 e. The van der Waals surface area contributed by atoms with Crippen molar-refractivity contribution in [3.8, 4) is 0 Å². The molecule has 1 aromatic carbocycles. The number of hydrogen-bond donors (Lipinski definition) is 1. The van der Waals surface area contributed by atoms with E-state index in [0.29, 0.717) is 13.2 Å². The van der Waals surface area contributed by atoms with Gasteiger partial charge >= 0.3 is 0 Å². The van der Waals surface area contributed by atoms with E-state index < -0.39 is 0 Å². The number of rotatable bonds is 3. The average molecular weight is 262 g/mol. The maximum absolute atomic E-state index is 9.58. The van der Waals surface area contributed by atoms with Crippen LogP contribution in [0.4, 0.5) is 0 Å². The molecular weight excluding hydrogens is 236 g/mol. The van der Waals surface area contributed by atoms with E-state index in [9.17, 15) is 5.11 Å². The monoisotopic (exact) mass is 262 g/mol. The maximum atomic E-state index is 9.58. The fraction of sp³-hybridized carbons (Fsp3) is 0.647. The van der Waals surface area contributed by atoms with Gasteiger partial charge in [-0.3, -0.25) is 0 Å². The lowest BCUT2D eigenvalue weighted by atomic mass is 9.76. The molecule has 0 atom stereocenters. The molecule has 0 radical (unpaired) electrons. The Morgan fingerprint density at radius 2 is 1.68 bits per heavy atom. The summed E-state index contributed by atoms with van der Waals surface area (Å²) < 4.78 is 5.30. The third kappa shape index (κ3) is 2.85. The zero-order valence-electron chi connectivity index (χ0n) is 12.8. The van der Waals surface area contributed by atoms with Crippen molar-refractivity contribution in [2.24, 2.45) is 5.41 Å². The third-order valence-corrected chi connectivity index (χ3v) is 4.27. The Morgan fingerprint density at radius 3 is 2.00 bits per heavy atom. The topological polar surface area (TPSA) is 29.5 Å². The summed E-state index contributed by atoms with van der Waals surface area (Å²) in [6.07, 6.45) is 0.922. The van der Waals surface area contributed by atoms with Crippen LogP contribution in [0.2, 0.25) is 0 Å². The predicted octanol–water partition coefficient (Wildman–Crippen LogP) is 3.15. The SMILES string of the molecule is Cc1cc(C(C)(C)C)cc(C)c1CC1(CO)COC1. The first kappa shape index (κ1) is 14.5. The molecule has 2 nitrogen and oxygen atoms in total. The van der Waals surface area contributed by atoms with Crippen LogP contribution >= 0.6 is 0 Å². The Morgan fingerprint density at radius 1 is 1.16 bits per heavy atom. The molecule has 1 aliphatic rings. The summed E-state index contributed by atoms with van der Waals surface area (Å²) in [5, 5.41) is 9.58. The van der Waals surface area contributed by atoms with Crippen molar-refractivity contribution in [1.29, 1.82) is 0 Å². The van der Waals surface area contributed by atoms with E-state index in [2.05, 4.69) is 46.8 Å². The molecule has 1 N–H and O–H groups in total. The Labute approximate surface area is 116 Å². The number of aliphatic hydroxyl groups excluding tert-OH is 1. The van der Waals surface area contributed by atoms with Crippen LogP contribution in [0.15, 0.2) is 12.1 Å². The van der Waals surface area contributed by atoms with Gasteiger partial charge in [-0.1, -0.05) is 32.9 Å². The molecule has 0 amide bonds. The molecule has 0 unspecified atom stereocenters. The standard InChI is InChI=1S/C17H26O2/c1-12-6-14(16(3,4)5)7-13(2)15(12)8-17(9-18)10-19-11-17/h6-7,18H,8-11H2,1-5H3. The van der Waals surface area contributed by atoms with E-state index in [0.717, 1.165) is 6.42 Å². The molecule has 19 heavy (non-hydrogen) atoms. The molecule has 1 fully saturated rings. The van der Waals surface area contributed by atoms with Crippen LogP contribution in [0.1, 0.15) is 43.0 Å². The highest BCUT2D eigenvalue weighted by molar-refractivity contribution is 5.41. The van der Waals surface area contributed by atoms with Crippen LogP contribution in [0.3, 0.4) is 0 Å². The van der Waals surface area contributed by atoms with Gasteiger partial charge in [0.1, 0.15) is 0 Å². The Balaban J connectivity index is 2.32. The molecule has 0 spiro atoms. The number of aliphatic hydroxyl groups is 1. The van der Waals surface area contributed by atoms with Gasteiger partial charge in [0.05, 0.1) is 19.8 Å². The van der Waals surface area contributed by atoms with E-state index >= 15 is 0 Å². The fourth-order valence-corrected chi connectivity index (χ4v) is 2.72.